The summed E-state index contributed by atoms with van der Waals surface area (Å²) in [7, 11) is 3.49. The standard InChI is InChI=1S/C16H19N3O/c1-19(2)16(20)13-8-4-6-10-15(13)18-11-12-7-3-5-9-14(12)17/h3-10,18H,11,17H2,1-2H3. The first kappa shape index (κ1) is 13.9. The van der Waals surface area contributed by atoms with E-state index >= 15 is 0 Å². The van der Waals surface area contributed by atoms with E-state index in [-0.39, 0.29) is 5.91 Å². The second kappa shape index (κ2) is 6.10. The number of rotatable bonds is 4. The monoisotopic (exact) mass is 269 g/mol. The summed E-state index contributed by atoms with van der Waals surface area (Å²) in [5.41, 5.74) is 9.15. The van der Waals surface area contributed by atoms with Crippen LogP contribution >= 0.6 is 0 Å². The number of nitrogens with zero attached hydrogens (tertiary/aromatic N) is 1. The zero-order valence-electron chi connectivity index (χ0n) is 11.8. The van der Waals surface area contributed by atoms with Crippen molar-refractivity contribution in [3.63, 3.8) is 0 Å². The van der Waals surface area contributed by atoms with Crippen LogP contribution in [0.2, 0.25) is 0 Å². The molecule has 0 aliphatic carbocycles. The van der Waals surface area contributed by atoms with Gasteiger partial charge in [-0.3, -0.25) is 4.79 Å². The van der Waals surface area contributed by atoms with E-state index in [2.05, 4.69) is 5.32 Å². The van der Waals surface area contributed by atoms with Crippen LogP contribution in [0, 0.1) is 0 Å². The maximum Gasteiger partial charge on any atom is 0.255 e. The van der Waals surface area contributed by atoms with E-state index in [1.165, 1.54) is 0 Å². The molecule has 0 radical (unpaired) electrons. The van der Waals surface area contributed by atoms with E-state index in [1.54, 1.807) is 19.0 Å². The molecule has 0 bridgehead atoms. The zero-order chi connectivity index (χ0) is 14.5. The molecule has 0 saturated carbocycles. The van der Waals surface area contributed by atoms with Crippen molar-refractivity contribution in [1.29, 1.82) is 0 Å². The van der Waals surface area contributed by atoms with Gasteiger partial charge in [-0.1, -0.05) is 30.3 Å². The summed E-state index contributed by atoms with van der Waals surface area (Å²) in [6, 6.07) is 15.2. The van der Waals surface area contributed by atoms with Crippen molar-refractivity contribution < 1.29 is 4.79 Å². The zero-order valence-corrected chi connectivity index (χ0v) is 11.8. The molecule has 0 aliphatic heterocycles. The van der Waals surface area contributed by atoms with Crippen LogP contribution in [-0.4, -0.2) is 24.9 Å². The Morgan fingerprint density at radius 2 is 1.75 bits per heavy atom. The molecular weight excluding hydrogens is 250 g/mol. The quantitative estimate of drug-likeness (QED) is 0.839. The van der Waals surface area contributed by atoms with E-state index in [0.717, 1.165) is 16.9 Å². The van der Waals surface area contributed by atoms with E-state index < -0.39 is 0 Å². The highest BCUT2D eigenvalue weighted by molar-refractivity contribution is 5.99. The summed E-state index contributed by atoms with van der Waals surface area (Å²) in [5.74, 6) is -0.0193. The molecule has 0 spiro atoms. The molecule has 0 atom stereocenters. The van der Waals surface area contributed by atoms with Crippen molar-refractivity contribution in [2.24, 2.45) is 0 Å². The third-order valence-corrected chi connectivity index (χ3v) is 3.09. The predicted octanol–water partition coefficient (Wildman–Crippen LogP) is 2.58. The Morgan fingerprint density at radius 3 is 2.45 bits per heavy atom. The van der Waals surface area contributed by atoms with Crippen molar-refractivity contribution >= 4 is 17.3 Å². The molecule has 0 heterocycles. The van der Waals surface area contributed by atoms with Crippen LogP contribution in [0.3, 0.4) is 0 Å². The number of benzene rings is 2. The fourth-order valence-electron chi connectivity index (χ4n) is 1.95. The molecule has 4 heteroatoms. The van der Waals surface area contributed by atoms with Gasteiger partial charge in [0.05, 0.1) is 5.56 Å². The highest BCUT2D eigenvalue weighted by Gasteiger charge is 2.12. The first-order valence-electron chi connectivity index (χ1n) is 6.47. The molecule has 0 aromatic heterocycles. The van der Waals surface area contributed by atoms with Crippen LogP contribution in [0.1, 0.15) is 15.9 Å². The SMILES string of the molecule is CN(C)C(=O)c1ccccc1NCc1ccccc1N. The number of nitrogens with one attached hydrogen (secondary N) is 1. The van der Waals surface area contributed by atoms with Crippen molar-refractivity contribution in [2.75, 3.05) is 25.1 Å². The Hall–Kier alpha value is -2.49. The van der Waals surface area contributed by atoms with Crippen molar-refractivity contribution in [3.05, 3.63) is 59.7 Å². The molecule has 0 saturated heterocycles. The average Bonchev–Trinajstić information content (AvgIpc) is 2.46. The lowest BCUT2D eigenvalue weighted by atomic mass is 10.1. The van der Waals surface area contributed by atoms with Gasteiger partial charge in [0.2, 0.25) is 0 Å². The van der Waals surface area contributed by atoms with Crippen molar-refractivity contribution in [3.8, 4) is 0 Å². The number of nitrogen functional groups attached to an aromatic ring is 1. The molecule has 2 aromatic carbocycles. The van der Waals surface area contributed by atoms with Crippen LogP contribution in [0.5, 0.6) is 0 Å². The highest BCUT2D eigenvalue weighted by atomic mass is 16.2. The van der Waals surface area contributed by atoms with Crippen molar-refractivity contribution in [1.82, 2.24) is 4.90 Å². The number of anilines is 2. The average molecular weight is 269 g/mol. The molecule has 2 rings (SSSR count). The Labute approximate surface area is 119 Å². The van der Waals surface area contributed by atoms with E-state index in [1.807, 2.05) is 48.5 Å². The number of nitrogens with two attached hydrogens (primary N) is 1. The van der Waals surface area contributed by atoms with Crippen LogP contribution in [0.4, 0.5) is 11.4 Å². The summed E-state index contributed by atoms with van der Waals surface area (Å²) in [6.07, 6.45) is 0. The molecule has 4 nitrogen and oxygen atoms in total. The van der Waals surface area contributed by atoms with Gasteiger partial charge < -0.3 is 16.0 Å². The van der Waals surface area contributed by atoms with Gasteiger partial charge in [-0.2, -0.15) is 0 Å². The Morgan fingerprint density at radius 1 is 1.10 bits per heavy atom. The molecule has 1 amide bonds. The summed E-state index contributed by atoms with van der Waals surface area (Å²) in [4.78, 5) is 13.7. The molecule has 3 N–H and O–H groups in total. The third-order valence-electron chi connectivity index (χ3n) is 3.09. The third kappa shape index (κ3) is 3.09. The minimum atomic E-state index is -0.0193. The molecule has 0 fully saturated rings. The lowest BCUT2D eigenvalue weighted by Gasteiger charge is -2.15. The smallest absolute Gasteiger partial charge is 0.255 e. The number of hydrogen-bond donors (Lipinski definition) is 2. The topological polar surface area (TPSA) is 58.4 Å². The molecule has 104 valence electrons. The van der Waals surface area contributed by atoms with Gasteiger partial charge in [0, 0.05) is 32.0 Å². The number of carbonyl (C=O) groups is 1. The van der Waals surface area contributed by atoms with Gasteiger partial charge in [-0.15, -0.1) is 0 Å². The van der Waals surface area contributed by atoms with Gasteiger partial charge in [0.15, 0.2) is 0 Å². The Bertz CT molecular complexity index is 608. The van der Waals surface area contributed by atoms with Gasteiger partial charge in [0.1, 0.15) is 0 Å². The van der Waals surface area contributed by atoms with Crippen LogP contribution < -0.4 is 11.1 Å². The van der Waals surface area contributed by atoms with Gasteiger partial charge >= 0.3 is 0 Å². The number of hydrogen-bond acceptors (Lipinski definition) is 3. The number of para-hydroxylation sites is 2. The maximum atomic E-state index is 12.1. The molecule has 2 aromatic rings. The number of carbonyl (C=O) groups excluding carboxylic acids is 1. The Balaban J connectivity index is 2.18. The minimum absolute atomic E-state index is 0.0193. The normalized spacial score (nSPS) is 10.1. The Kier molecular flexibility index (Phi) is 4.25. The predicted molar refractivity (Wildman–Crippen MR) is 82.6 cm³/mol. The van der Waals surface area contributed by atoms with E-state index in [0.29, 0.717) is 12.1 Å². The van der Waals surface area contributed by atoms with Crippen LogP contribution in [0.25, 0.3) is 0 Å². The summed E-state index contributed by atoms with van der Waals surface area (Å²) in [6.45, 7) is 0.588. The van der Waals surface area contributed by atoms with Gasteiger partial charge in [-0.25, -0.2) is 0 Å². The van der Waals surface area contributed by atoms with Gasteiger partial charge in [0.25, 0.3) is 5.91 Å². The van der Waals surface area contributed by atoms with Crippen LogP contribution in [0.15, 0.2) is 48.5 Å². The first-order valence-corrected chi connectivity index (χ1v) is 6.47. The van der Waals surface area contributed by atoms with Crippen molar-refractivity contribution in [2.45, 2.75) is 6.54 Å². The summed E-state index contributed by atoms with van der Waals surface area (Å²) < 4.78 is 0. The van der Waals surface area contributed by atoms with E-state index in [9.17, 15) is 4.79 Å². The lowest BCUT2D eigenvalue weighted by Crippen LogP contribution is -2.22. The molecular formula is C16H19N3O. The molecule has 0 unspecified atom stereocenters. The number of amides is 1. The lowest BCUT2D eigenvalue weighted by molar-refractivity contribution is 0.0828. The van der Waals surface area contributed by atoms with Gasteiger partial charge in [-0.05, 0) is 23.8 Å². The second-order valence-electron chi connectivity index (χ2n) is 4.80. The molecule has 20 heavy (non-hydrogen) atoms. The highest BCUT2D eigenvalue weighted by Crippen LogP contribution is 2.19. The second-order valence-corrected chi connectivity index (χ2v) is 4.80. The summed E-state index contributed by atoms with van der Waals surface area (Å²) >= 11 is 0. The van der Waals surface area contributed by atoms with Crippen LogP contribution in [-0.2, 0) is 6.54 Å². The fraction of sp³-hybridized carbons (Fsp3) is 0.188. The molecule has 0 aliphatic rings. The summed E-state index contributed by atoms with van der Waals surface area (Å²) in [5, 5.41) is 3.28. The minimum Gasteiger partial charge on any atom is -0.398 e. The first-order chi connectivity index (χ1) is 9.59. The van der Waals surface area contributed by atoms with E-state index in [4.69, 9.17) is 5.73 Å². The maximum absolute atomic E-state index is 12.1. The largest absolute Gasteiger partial charge is 0.398 e. The fourth-order valence-corrected chi connectivity index (χ4v) is 1.95.